The Morgan fingerprint density at radius 3 is 2.52 bits per heavy atom. The molecule has 2 aromatic heterocycles. The minimum absolute atomic E-state index is 0.345. The number of thiazole rings is 1. The third-order valence-corrected chi connectivity index (χ3v) is 7.11. The van der Waals surface area contributed by atoms with Crippen molar-refractivity contribution in [3.05, 3.63) is 41.7 Å². The zero-order valence-electron chi connectivity index (χ0n) is 15.5. The maximum Gasteiger partial charge on any atom is 0.225 e. The van der Waals surface area contributed by atoms with Gasteiger partial charge in [-0.15, -0.1) is 11.3 Å². The van der Waals surface area contributed by atoms with Crippen molar-refractivity contribution in [3.8, 4) is 0 Å². The van der Waals surface area contributed by atoms with E-state index in [0.29, 0.717) is 16.9 Å². The summed E-state index contributed by atoms with van der Waals surface area (Å²) >= 11 is 1.68. The fourth-order valence-electron chi connectivity index (χ4n) is 3.35. The van der Waals surface area contributed by atoms with E-state index in [1.807, 2.05) is 5.51 Å². The van der Waals surface area contributed by atoms with E-state index in [9.17, 15) is 4.21 Å². The Labute approximate surface area is 163 Å². The Bertz CT molecular complexity index is 1040. The van der Waals surface area contributed by atoms with E-state index in [1.165, 1.54) is 10.3 Å². The topological polar surface area (TPSA) is 62.2 Å². The molecule has 0 aliphatic carbocycles. The monoisotopic (exact) mass is 401 g/mol. The lowest BCUT2D eigenvalue weighted by molar-refractivity contribution is 0.198. The van der Waals surface area contributed by atoms with Gasteiger partial charge in [-0.25, -0.2) is 15.0 Å². The van der Waals surface area contributed by atoms with Gasteiger partial charge in [-0.05, 0) is 40.0 Å². The number of benzene rings is 1. The lowest BCUT2D eigenvalue weighted by Crippen LogP contribution is -2.47. The van der Waals surface area contributed by atoms with E-state index in [1.54, 1.807) is 30.0 Å². The lowest BCUT2D eigenvalue weighted by Gasteiger charge is -2.38. The lowest BCUT2D eigenvalue weighted by atomic mass is 10.1. The van der Waals surface area contributed by atoms with Crippen molar-refractivity contribution in [1.29, 1.82) is 0 Å². The Morgan fingerprint density at radius 2 is 1.85 bits per heavy atom. The molecule has 0 saturated carbocycles. The van der Waals surface area contributed by atoms with Crippen LogP contribution in [0.5, 0.6) is 0 Å². The number of piperazine rings is 1. The molecule has 27 heavy (non-hydrogen) atoms. The van der Waals surface area contributed by atoms with Crippen molar-refractivity contribution in [1.82, 2.24) is 19.9 Å². The van der Waals surface area contributed by atoms with Crippen LogP contribution in [0.25, 0.3) is 10.2 Å². The van der Waals surface area contributed by atoms with Crippen molar-refractivity contribution in [2.24, 2.45) is 0 Å². The molecule has 3 aromatic rings. The van der Waals surface area contributed by atoms with Crippen LogP contribution < -0.4 is 4.90 Å². The van der Waals surface area contributed by atoms with Gasteiger partial charge >= 0.3 is 0 Å². The van der Waals surface area contributed by atoms with Gasteiger partial charge in [0.05, 0.1) is 20.6 Å². The first kappa shape index (κ1) is 18.3. The highest BCUT2D eigenvalue weighted by atomic mass is 32.2. The molecule has 0 radical (unpaired) electrons. The summed E-state index contributed by atoms with van der Waals surface area (Å²) in [6, 6.07) is 6.92. The maximum absolute atomic E-state index is 12.0. The van der Waals surface area contributed by atoms with Crippen molar-refractivity contribution in [3.63, 3.8) is 0 Å². The van der Waals surface area contributed by atoms with Gasteiger partial charge < -0.3 is 4.90 Å². The molecule has 0 spiro atoms. The van der Waals surface area contributed by atoms with Crippen LogP contribution >= 0.6 is 11.3 Å². The quantitative estimate of drug-likeness (QED) is 0.627. The van der Waals surface area contributed by atoms with Crippen LogP contribution in [0.1, 0.15) is 18.5 Å². The van der Waals surface area contributed by atoms with Crippen LogP contribution in [0.4, 0.5) is 5.95 Å². The summed E-state index contributed by atoms with van der Waals surface area (Å²) in [6.07, 6.45) is 4.87. The fourth-order valence-corrected chi connectivity index (χ4v) is 4.56. The first-order valence-electron chi connectivity index (χ1n) is 8.88. The zero-order chi connectivity index (χ0) is 19.0. The molecule has 1 saturated heterocycles. The molecule has 1 aromatic carbocycles. The highest BCUT2D eigenvalue weighted by Crippen LogP contribution is 2.27. The Kier molecular flexibility index (Phi) is 4.88. The van der Waals surface area contributed by atoms with Crippen molar-refractivity contribution >= 4 is 42.9 Å². The van der Waals surface area contributed by atoms with Gasteiger partial charge in [-0.2, -0.15) is 0 Å². The number of fused-ring (bicyclic) bond motifs is 1. The molecular weight excluding hydrogens is 378 g/mol. The van der Waals surface area contributed by atoms with E-state index in [4.69, 9.17) is 0 Å². The molecule has 1 fully saturated rings. The number of anilines is 1. The second-order valence-electron chi connectivity index (χ2n) is 7.00. The van der Waals surface area contributed by atoms with Gasteiger partial charge in [0.15, 0.2) is 0 Å². The largest absolute Gasteiger partial charge is 0.338 e. The Balaban J connectivity index is 1.42. The molecule has 8 heteroatoms. The minimum Gasteiger partial charge on any atom is -0.338 e. The highest BCUT2D eigenvalue weighted by Gasteiger charge is 2.23. The Hall–Kier alpha value is -2.03. The van der Waals surface area contributed by atoms with Gasteiger partial charge in [0.2, 0.25) is 5.95 Å². The molecule has 0 amide bonds. The zero-order valence-corrected chi connectivity index (χ0v) is 17.2. The van der Waals surface area contributed by atoms with E-state index in [2.05, 4.69) is 55.7 Å². The second-order valence-corrected chi connectivity index (χ2v) is 10.4. The summed E-state index contributed by atoms with van der Waals surface area (Å²) in [5.41, 5.74) is 4.28. The van der Waals surface area contributed by atoms with E-state index >= 15 is 0 Å². The number of nitrogens with zero attached hydrogens (tertiary/aromatic N) is 5. The third-order valence-electron chi connectivity index (χ3n) is 5.09. The summed E-state index contributed by atoms with van der Waals surface area (Å²) in [4.78, 5) is 18.5. The normalized spacial score (nSPS) is 19.1. The van der Waals surface area contributed by atoms with Gasteiger partial charge in [0.25, 0.3) is 0 Å². The van der Waals surface area contributed by atoms with Crippen LogP contribution in [-0.4, -0.2) is 62.4 Å². The second kappa shape index (κ2) is 7.18. The van der Waals surface area contributed by atoms with Crippen LogP contribution in [0.3, 0.4) is 0 Å². The summed E-state index contributed by atoms with van der Waals surface area (Å²) in [6.45, 7) is 5.88. The van der Waals surface area contributed by atoms with Crippen LogP contribution in [-0.2, 0) is 9.52 Å². The third kappa shape index (κ3) is 3.83. The average Bonchev–Trinajstić information content (AvgIpc) is 3.15. The van der Waals surface area contributed by atoms with Gasteiger partial charge in [0.1, 0.15) is 0 Å². The van der Waals surface area contributed by atoms with Crippen molar-refractivity contribution in [2.75, 3.05) is 37.3 Å². The number of hydrogen-bond donors (Lipinski definition) is 0. The van der Waals surface area contributed by atoms with Crippen molar-refractivity contribution < 1.29 is 4.21 Å². The molecule has 1 unspecified atom stereocenters. The fraction of sp³-hybridized carbons (Fsp3) is 0.368. The van der Waals surface area contributed by atoms with E-state index in [-0.39, 0.29) is 0 Å². The molecule has 3 heterocycles. The highest BCUT2D eigenvalue weighted by molar-refractivity contribution is 7.99. The molecule has 1 aliphatic rings. The number of rotatable bonds is 4. The van der Waals surface area contributed by atoms with Crippen LogP contribution in [0, 0.1) is 0 Å². The summed E-state index contributed by atoms with van der Waals surface area (Å²) in [5, 5.41) is 0. The molecular formula is C19H23N5OS2. The molecule has 0 bridgehead atoms. The first-order chi connectivity index (χ1) is 12.9. The minimum atomic E-state index is -2.27. The van der Waals surface area contributed by atoms with E-state index < -0.39 is 9.52 Å². The predicted octanol–water partition coefficient (Wildman–Crippen LogP) is 2.67. The summed E-state index contributed by atoms with van der Waals surface area (Å²) < 4.78 is 13.2. The number of hydrogen-bond acceptors (Lipinski definition) is 7. The SMILES string of the molecule is C=S(C)(=O)c1cnc(N2CCN([C@@H](C)c3ccc4scnc4c3)CC2)nc1. The molecule has 2 atom stereocenters. The molecule has 142 valence electrons. The molecule has 4 rings (SSSR count). The maximum atomic E-state index is 12.0. The van der Waals surface area contributed by atoms with E-state index in [0.717, 1.165) is 31.7 Å². The predicted molar refractivity (Wildman–Crippen MR) is 113 cm³/mol. The van der Waals surface area contributed by atoms with Crippen molar-refractivity contribution in [2.45, 2.75) is 17.9 Å². The van der Waals surface area contributed by atoms with Gasteiger partial charge in [-0.1, -0.05) is 6.07 Å². The first-order valence-corrected chi connectivity index (χ1v) is 11.9. The van der Waals surface area contributed by atoms with Gasteiger partial charge in [-0.3, -0.25) is 9.11 Å². The summed E-state index contributed by atoms with van der Waals surface area (Å²) in [5.74, 6) is 4.37. The smallest absolute Gasteiger partial charge is 0.225 e. The average molecular weight is 402 g/mol. The summed E-state index contributed by atoms with van der Waals surface area (Å²) in [7, 11) is -2.27. The Morgan fingerprint density at radius 1 is 1.15 bits per heavy atom. The molecule has 0 N–H and O–H groups in total. The van der Waals surface area contributed by atoms with Gasteiger partial charge in [0, 0.05) is 50.9 Å². The molecule has 6 nitrogen and oxygen atoms in total. The standard InChI is InChI=1S/C19H23N5OS2/c1-14(15-4-5-18-17(10-15)22-13-26-18)23-6-8-24(9-7-23)19-20-11-16(12-21-19)27(2,3)25/h4-5,10-14H,2,6-9H2,1,3H3/t14-,27?/m0/s1. The van der Waals surface area contributed by atoms with Crippen LogP contribution in [0.15, 0.2) is 41.0 Å². The number of aromatic nitrogens is 3. The molecule has 1 aliphatic heterocycles. The van der Waals surface area contributed by atoms with Crippen LogP contribution in [0.2, 0.25) is 0 Å².